The topological polar surface area (TPSA) is 0 Å². The van der Waals surface area contributed by atoms with Crippen LogP contribution in [0.1, 0.15) is 34.6 Å². The fraction of sp³-hybridized carbons (Fsp3) is 0.857. The molecular weight excluding hydrogens is 135 g/mol. The van der Waals surface area contributed by atoms with Crippen molar-refractivity contribution in [1.82, 2.24) is 0 Å². The monoisotopic (exact) mass is 150 g/mol. The van der Waals surface area contributed by atoms with Crippen LogP contribution in [-0.4, -0.2) is 0 Å². The van der Waals surface area contributed by atoms with E-state index in [1.165, 1.54) is 5.92 Å². The molecule has 0 heterocycles. The number of hydrogen-bond acceptors (Lipinski definition) is 0. The zero-order valence-corrected chi connectivity index (χ0v) is 7.84. The van der Waals surface area contributed by atoms with Crippen molar-refractivity contribution in [2.24, 2.45) is 5.41 Å². The van der Waals surface area contributed by atoms with Crippen molar-refractivity contribution in [3.8, 4) is 0 Å². The zero-order chi connectivity index (χ0) is 6.08. The van der Waals surface area contributed by atoms with Crippen molar-refractivity contribution in [3.05, 3.63) is 5.92 Å². The molecule has 0 aliphatic heterocycles. The Morgan fingerprint density at radius 3 is 1.12 bits per heavy atom. The molecule has 49 valence electrons. The quantitative estimate of drug-likeness (QED) is 0.465. The summed E-state index contributed by atoms with van der Waals surface area (Å²) in [7, 11) is 0. The fourth-order valence-corrected chi connectivity index (χ4v) is 0. The third-order valence-electron chi connectivity index (χ3n) is 1.50. The summed E-state index contributed by atoms with van der Waals surface area (Å²) >= 11 is 0. The Hall–Kier alpha value is 0.584. The molecule has 0 spiro atoms. The van der Waals surface area contributed by atoms with Gasteiger partial charge in [-0.15, -0.1) is 0 Å². The molecule has 0 aliphatic carbocycles. The second kappa shape index (κ2) is 3.58. The number of hydrogen-bond donors (Lipinski definition) is 0. The van der Waals surface area contributed by atoms with E-state index in [0.717, 1.165) is 0 Å². The SMILES string of the molecule is C[C-](C)C(C)(C)C.[V]. The molecule has 0 aromatic carbocycles. The van der Waals surface area contributed by atoms with Gasteiger partial charge in [0.05, 0.1) is 0 Å². The Labute approximate surface area is 64.9 Å². The van der Waals surface area contributed by atoms with Crippen molar-refractivity contribution in [2.75, 3.05) is 0 Å². The van der Waals surface area contributed by atoms with E-state index in [0.29, 0.717) is 5.41 Å². The molecule has 0 unspecified atom stereocenters. The van der Waals surface area contributed by atoms with Gasteiger partial charge in [0.1, 0.15) is 0 Å². The predicted octanol–water partition coefficient (Wildman–Crippen LogP) is 2.64. The first-order valence-electron chi connectivity index (χ1n) is 2.75. The average molecular weight is 150 g/mol. The van der Waals surface area contributed by atoms with Crippen LogP contribution in [0, 0.1) is 11.3 Å². The summed E-state index contributed by atoms with van der Waals surface area (Å²) in [6.07, 6.45) is 0. The summed E-state index contributed by atoms with van der Waals surface area (Å²) < 4.78 is 0. The van der Waals surface area contributed by atoms with Crippen molar-refractivity contribution in [3.63, 3.8) is 0 Å². The molecule has 0 atom stereocenters. The van der Waals surface area contributed by atoms with Gasteiger partial charge in [-0.1, -0.05) is 20.8 Å². The third kappa shape index (κ3) is 4.74. The van der Waals surface area contributed by atoms with E-state index in [1.54, 1.807) is 0 Å². The van der Waals surface area contributed by atoms with Crippen LogP contribution < -0.4 is 0 Å². The van der Waals surface area contributed by atoms with Gasteiger partial charge < -0.3 is 5.92 Å². The molecule has 8 heavy (non-hydrogen) atoms. The van der Waals surface area contributed by atoms with E-state index in [9.17, 15) is 0 Å². The molecule has 0 aromatic heterocycles. The maximum atomic E-state index is 2.22. The minimum atomic E-state index is 0. The van der Waals surface area contributed by atoms with Gasteiger partial charge in [0.2, 0.25) is 0 Å². The molecule has 1 heteroatoms. The molecule has 0 rings (SSSR count). The molecule has 0 N–H and O–H groups in total. The first-order chi connectivity index (χ1) is 2.94. The normalized spacial score (nSPS) is 11.2. The minimum Gasteiger partial charge on any atom is -0.314 e. The Balaban J connectivity index is 0. The van der Waals surface area contributed by atoms with E-state index >= 15 is 0 Å². The largest absolute Gasteiger partial charge is 0.314 e. The maximum absolute atomic E-state index is 2.22. The zero-order valence-electron chi connectivity index (χ0n) is 6.45. The average Bonchev–Trinajstić information content (AvgIpc) is 1.31. The van der Waals surface area contributed by atoms with Crippen LogP contribution in [0.4, 0.5) is 0 Å². The van der Waals surface area contributed by atoms with Crippen LogP contribution in [-0.2, 0) is 18.6 Å². The van der Waals surface area contributed by atoms with Gasteiger partial charge in [-0.25, -0.2) is 0 Å². The van der Waals surface area contributed by atoms with E-state index in [1.807, 2.05) is 0 Å². The molecule has 0 saturated carbocycles. The molecule has 0 nitrogen and oxygen atoms in total. The molecule has 1 radical (unpaired) electrons. The van der Waals surface area contributed by atoms with Crippen molar-refractivity contribution in [2.45, 2.75) is 34.6 Å². The van der Waals surface area contributed by atoms with Gasteiger partial charge in [-0.05, 0) is 0 Å². The summed E-state index contributed by atoms with van der Waals surface area (Å²) in [4.78, 5) is 0. The van der Waals surface area contributed by atoms with Crippen LogP contribution >= 0.6 is 0 Å². The summed E-state index contributed by atoms with van der Waals surface area (Å²) in [6.45, 7) is 11.0. The number of rotatable bonds is 0. The fourth-order valence-electron chi connectivity index (χ4n) is 0. The van der Waals surface area contributed by atoms with Crippen LogP contribution in [0.5, 0.6) is 0 Å². The van der Waals surface area contributed by atoms with Crippen molar-refractivity contribution < 1.29 is 18.6 Å². The van der Waals surface area contributed by atoms with E-state index in [4.69, 9.17) is 0 Å². The Morgan fingerprint density at radius 1 is 1.00 bits per heavy atom. The Kier molecular flexibility index (Phi) is 5.10. The van der Waals surface area contributed by atoms with Crippen LogP contribution in [0.2, 0.25) is 0 Å². The summed E-state index contributed by atoms with van der Waals surface area (Å²) in [6, 6.07) is 0. The minimum absolute atomic E-state index is 0. The van der Waals surface area contributed by atoms with E-state index < -0.39 is 0 Å². The van der Waals surface area contributed by atoms with Gasteiger partial charge in [0.25, 0.3) is 0 Å². The van der Waals surface area contributed by atoms with Crippen molar-refractivity contribution >= 4 is 0 Å². The summed E-state index contributed by atoms with van der Waals surface area (Å²) in [5.74, 6) is 1.49. The van der Waals surface area contributed by atoms with Gasteiger partial charge in [0, 0.05) is 18.6 Å². The Bertz CT molecular complexity index is 49.9. The van der Waals surface area contributed by atoms with Crippen LogP contribution in [0.15, 0.2) is 0 Å². The molecule has 0 bridgehead atoms. The maximum Gasteiger partial charge on any atom is 0 e. The van der Waals surface area contributed by atoms with E-state index in [2.05, 4.69) is 34.6 Å². The second-order valence-corrected chi connectivity index (χ2v) is 3.25. The first-order valence-corrected chi connectivity index (χ1v) is 2.75. The van der Waals surface area contributed by atoms with E-state index in [-0.39, 0.29) is 18.6 Å². The summed E-state index contributed by atoms with van der Waals surface area (Å²) in [5, 5.41) is 0. The molecule has 0 saturated heterocycles. The predicted molar refractivity (Wildman–Crippen MR) is 34.0 cm³/mol. The third-order valence-corrected chi connectivity index (χ3v) is 1.50. The molecular formula is C7H15V-. The first kappa shape index (κ1) is 11.4. The van der Waals surface area contributed by atoms with Crippen LogP contribution in [0.25, 0.3) is 0 Å². The molecule has 0 aliphatic rings. The standard InChI is InChI=1S/C7H15.V/c1-6(2)7(3,4)5;/h1-5H3;/q-1;. The molecule has 0 aromatic rings. The Morgan fingerprint density at radius 2 is 1.12 bits per heavy atom. The van der Waals surface area contributed by atoms with Gasteiger partial charge in [-0.2, -0.15) is 19.3 Å². The summed E-state index contributed by atoms with van der Waals surface area (Å²) in [5.41, 5.74) is 0.417. The van der Waals surface area contributed by atoms with Crippen molar-refractivity contribution in [1.29, 1.82) is 0 Å². The van der Waals surface area contributed by atoms with Crippen LogP contribution in [0.3, 0.4) is 0 Å². The smallest absolute Gasteiger partial charge is 0 e. The van der Waals surface area contributed by atoms with Gasteiger partial charge >= 0.3 is 0 Å². The van der Waals surface area contributed by atoms with Gasteiger partial charge in [0.15, 0.2) is 0 Å². The molecule has 0 amide bonds. The van der Waals surface area contributed by atoms with Gasteiger partial charge in [-0.3, -0.25) is 0 Å². The second-order valence-electron chi connectivity index (χ2n) is 3.25. The molecule has 0 fully saturated rings.